The molecule has 0 radical (unpaired) electrons. The fraction of sp³-hybridized carbons (Fsp3) is 0.600. The lowest BCUT2D eigenvalue weighted by atomic mass is 9.90. The summed E-state index contributed by atoms with van der Waals surface area (Å²) in [6, 6.07) is 9.02. The first kappa shape index (κ1) is 21.0. The smallest absolute Gasteiger partial charge is 0.410 e. The van der Waals surface area contributed by atoms with Crippen LogP contribution >= 0.6 is 0 Å². The Kier molecular flexibility index (Phi) is 7.47. The number of ether oxygens (including phenoxy) is 2. The number of carbonyl (C=O) groups is 2. The second-order valence-corrected chi connectivity index (χ2v) is 7.80. The third-order valence-corrected chi connectivity index (χ3v) is 4.47. The summed E-state index contributed by atoms with van der Waals surface area (Å²) in [5.41, 5.74) is 0.380. The van der Waals surface area contributed by atoms with Gasteiger partial charge in [0, 0.05) is 13.1 Å². The second kappa shape index (κ2) is 9.60. The van der Waals surface area contributed by atoms with Crippen molar-refractivity contribution in [2.75, 3.05) is 19.7 Å². The predicted octanol–water partition coefficient (Wildman–Crippen LogP) is 2.92. The number of rotatable bonds is 5. The molecular weight excluding hydrogens is 348 g/mol. The Labute approximate surface area is 160 Å². The van der Waals surface area contributed by atoms with Crippen LogP contribution in [0.1, 0.15) is 39.2 Å². The highest BCUT2D eigenvalue weighted by atomic mass is 16.6. The molecule has 1 aliphatic rings. The molecule has 2 rings (SSSR count). The van der Waals surface area contributed by atoms with Crippen LogP contribution < -0.4 is 5.32 Å². The molecule has 150 valence electrons. The van der Waals surface area contributed by atoms with E-state index in [-0.39, 0.29) is 25.2 Å². The van der Waals surface area contributed by atoms with Crippen molar-refractivity contribution >= 4 is 12.2 Å². The summed E-state index contributed by atoms with van der Waals surface area (Å²) in [5.74, 6) is 0.0814. The van der Waals surface area contributed by atoms with Gasteiger partial charge in [0.1, 0.15) is 12.2 Å². The number of carbonyl (C=O) groups excluding carboxylic acids is 2. The largest absolute Gasteiger partial charge is 0.445 e. The van der Waals surface area contributed by atoms with Crippen LogP contribution in [0, 0.1) is 5.92 Å². The lowest BCUT2D eigenvalue weighted by Crippen LogP contribution is -2.49. The first-order valence-electron chi connectivity index (χ1n) is 9.34. The Morgan fingerprint density at radius 3 is 2.41 bits per heavy atom. The van der Waals surface area contributed by atoms with E-state index in [2.05, 4.69) is 5.32 Å². The highest BCUT2D eigenvalue weighted by Gasteiger charge is 2.31. The van der Waals surface area contributed by atoms with Gasteiger partial charge in [-0.15, -0.1) is 0 Å². The van der Waals surface area contributed by atoms with Crippen LogP contribution in [0.5, 0.6) is 0 Å². The number of alkyl carbamates (subject to hydrolysis) is 1. The Hall–Kier alpha value is -2.28. The first-order valence-corrected chi connectivity index (χ1v) is 9.34. The van der Waals surface area contributed by atoms with Gasteiger partial charge in [-0.3, -0.25) is 0 Å². The van der Waals surface area contributed by atoms with Crippen molar-refractivity contribution in [3.63, 3.8) is 0 Å². The Bertz CT molecular complexity index is 607. The zero-order valence-electron chi connectivity index (χ0n) is 16.3. The molecule has 1 heterocycles. The number of likely N-dealkylation sites (tertiary alicyclic amines) is 1. The van der Waals surface area contributed by atoms with E-state index < -0.39 is 17.7 Å². The van der Waals surface area contributed by atoms with Crippen LogP contribution in [0.25, 0.3) is 0 Å². The van der Waals surface area contributed by atoms with Gasteiger partial charge in [-0.2, -0.15) is 0 Å². The summed E-state index contributed by atoms with van der Waals surface area (Å²) in [6.45, 7) is 6.60. The van der Waals surface area contributed by atoms with Crippen molar-refractivity contribution in [3.8, 4) is 0 Å². The third-order valence-electron chi connectivity index (χ3n) is 4.47. The zero-order chi connectivity index (χ0) is 19.9. The SMILES string of the molecule is CC(C)(C)OC(=O)N1CCC([C@H](CO)NC(=O)OCc2ccccc2)CC1. The summed E-state index contributed by atoms with van der Waals surface area (Å²) < 4.78 is 10.6. The van der Waals surface area contributed by atoms with E-state index in [0.29, 0.717) is 25.9 Å². The summed E-state index contributed by atoms with van der Waals surface area (Å²) in [5, 5.41) is 12.4. The normalized spacial score (nSPS) is 16.5. The number of amides is 2. The van der Waals surface area contributed by atoms with Crippen LogP contribution in [-0.4, -0.2) is 53.5 Å². The maximum absolute atomic E-state index is 12.1. The van der Waals surface area contributed by atoms with E-state index in [9.17, 15) is 14.7 Å². The quantitative estimate of drug-likeness (QED) is 0.822. The van der Waals surface area contributed by atoms with Gasteiger partial charge in [0.05, 0.1) is 12.6 Å². The fourth-order valence-electron chi connectivity index (χ4n) is 3.04. The van der Waals surface area contributed by atoms with Gasteiger partial charge in [-0.25, -0.2) is 9.59 Å². The number of piperidine rings is 1. The molecule has 0 aliphatic carbocycles. The maximum atomic E-state index is 12.1. The van der Waals surface area contributed by atoms with Gasteiger partial charge < -0.3 is 24.8 Å². The Balaban J connectivity index is 1.77. The van der Waals surface area contributed by atoms with Crippen LogP contribution in [0.3, 0.4) is 0 Å². The van der Waals surface area contributed by atoms with Crippen LogP contribution in [0.4, 0.5) is 9.59 Å². The molecule has 0 saturated carbocycles. The van der Waals surface area contributed by atoms with E-state index >= 15 is 0 Å². The van der Waals surface area contributed by atoms with E-state index in [0.717, 1.165) is 5.56 Å². The first-order chi connectivity index (χ1) is 12.8. The highest BCUT2D eigenvalue weighted by molar-refractivity contribution is 5.68. The second-order valence-electron chi connectivity index (χ2n) is 7.80. The van der Waals surface area contributed by atoms with Crippen molar-refractivity contribution in [3.05, 3.63) is 35.9 Å². The minimum atomic E-state index is -0.549. The number of benzene rings is 1. The molecule has 1 fully saturated rings. The summed E-state index contributed by atoms with van der Waals surface area (Å²) in [6.07, 6.45) is 0.497. The lowest BCUT2D eigenvalue weighted by Gasteiger charge is -2.36. The molecule has 2 amide bonds. The van der Waals surface area contributed by atoms with Crippen molar-refractivity contribution < 1.29 is 24.2 Å². The Morgan fingerprint density at radius 1 is 1.22 bits per heavy atom. The number of aliphatic hydroxyl groups is 1. The predicted molar refractivity (Wildman–Crippen MR) is 101 cm³/mol. The van der Waals surface area contributed by atoms with E-state index in [1.54, 1.807) is 4.90 Å². The topological polar surface area (TPSA) is 88.1 Å². The maximum Gasteiger partial charge on any atom is 0.410 e. The molecular formula is C20H30N2O5. The molecule has 7 heteroatoms. The molecule has 7 nitrogen and oxygen atoms in total. The molecule has 0 unspecified atom stereocenters. The van der Waals surface area contributed by atoms with E-state index in [4.69, 9.17) is 9.47 Å². The third kappa shape index (κ3) is 7.09. The van der Waals surface area contributed by atoms with Gasteiger partial charge in [-0.05, 0) is 45.1 Å². The van der Waals surface area contributed by atoms with Crippen LogP contribution in [-0.2, 0) is 16.1 Å². The minimum absolute atomic E-state index is 0.0814. The highest BCUT2D eigenvalue weighted by Crippen LogP contribution is 2.22. The van der Waals surface area contributed by atoms with Gasteiger partial charge >= 0.3 is 12.2 Å². The summed E-state index contributed by atoms with van der Waals surface area (Å²) in [4.78, 5) is 25.8. The Morgan fingerprint density at radius 2 is 1.85 bits per heavy atom. The number of nitrogens with one attached hydrogen (secondary N) is 1. The van der Waals surface area contributed by atoms with Gasteiger partial charge in [0.25, 0.3) is 0 Å². The van der Waals surface area contributed by atoms with Crippen LogP contribution in [0.15, 0.2) is 30.3 Å². The number of hydrogen-bond acceptors (Lipinski definition) is 5. The molecule has 0 bridgehead atoms. The monoisotopic (exact) mass is 378 g/mol. The summed E-state index contributed by atoms with van der Waals surface area (Å²) in [7, 11) is 0. The lowest BCUT2D eigenvalue weighted by molar-refractivity contribution is 0.0155. The molecule has 27 heavy (non-hydrogen) atoms. The van der Waals surface area contributed by atoms with Crippen molar-refractivity contribution in [1.29, 1.82) is 0 Å². The van der Waals surface area contributed by atoms with E-state index in [1.165, 1.54) is 0 Å². The molecule has 1 aromatic rings. The molecule has 1 saturated heterocycles. The number of nitrogens with zero attached hydrogens (tertiary/aromatic N) is 1. The molecule has 0 aromatic heterocycles. The number of hydrogen-bond donors (Lipinski definition) is 2. The average Bonchev–Trinajstić information content (AvgIpc) is 2.64. The molecule has 1 aliphatic heterocycles. The summed E-state index contributed by atoms with van der Waals surface area (Å²) >= 11 is 0. The van der Waals surface area contributed by atoms with Gasteiger partial charge in [0.2, 0.25) is 0 Å². The molecule has 1 atom stereocenters. The van der Waals surface area contributed by atoms with Crippen molar-refractivity contribution in [2.24, 2.45) is 5.92 Å². The standard InChI is InChI=1S/C20H30N2O5/c1-20(2,3)27-19(25)22-11-9-16(10-12-22)17(13-23)21-18(24)26-14-15-7-5-4-6-8-15/h4-8,16-17,23H,9-14H2,1-3H3,(H,21,24)/t17-/m0/s1. The average molecular weight is 378 g/mol. The zero-order valence-corrected chi connectivity index (χ0v) is 16.3. The van der Waals surface area contributed by atoms with Crippen molar-refractivity contribution in [1.82, 2.24) is 10.2 Å². The van der Waals surface area contributed by atoms with E-state index in [1.807, 2.05) is 51.1 Å². The molecule has 2 N–H and O–H groups in total. The fourth-order valence-corrected chi connectivity index (χ4v) is 3.04. The molecule has 0 spiro atoms. The number of aliphatic hydroxyl groups excluding tert-OH is 1. The molecule has 1 aromatic carbocycles. The van der Waals surface area contributed by atoms with Crippen LogP contribution in [0.2, 0.25) is 0 Å². The van der Waals surface area contributed by atoms with Gasteiger partial charge in [-0.1, -0.05) is 30.3 Å². The minimum Gasteiger partial charge on any atom is -0.445 e. The van der Waals surface area contributed by atoms with Gasteiger partial charge in [0.15, 0.2) is 0 Å². The van der Waals surface area contributed by atoms with Crippen molar-refractivity contribution in [2.45, 2.75) is 51.9 Å².